The molecule has 3 aromatic rings. The number of hydrogen-bond donors (Lipinski definition) is 1. The summed E-state index contributed by atoms with van der Waals surface area (Å²) in [5, 5.41) is 2.36. The molecule has 0 fully saturated rings. The second-order valence-electron chi connectivity index (χ2n) is 6.33. The second kappa shape index (κ2) is 8.40. The van der Waals surface area contributed by atoms with Crippen LogP contribution in [-0.2, 0) is 14.8 Å². The maximum absolute atomic E-state index is 13.8. The third-order valence-electron chi connectivity index (χ3n) is 4.16. The number of hydrogen-bond acceptors (Lipinski definition) is 3. The second-order valence-corrected chi connectivity index (χ2v) is 8.19. The van der Waals surface area contributed by atoms with Crippen molar-refractivity contribution in [1.29, 1.82) is 0 Å². The number of para-hydroxylation sites is 1. The molecule has 0 saturated heterocycles. The fraction of sp³-hybridized carbons (Fsp3) is 0.0952. The first-order chi connectivity index (χ1) is 13.8. The topological polar surface area (TPSA) is 66.5 Å². The van der Waals surface area contributed by atoms with E-state index in [0.29, 0.717) is 0 Å². The lowest BCUT2D eigenvalue weighted by Gasteiger charge is -2.24. The highest BCUT2D eigenvalue weighted by Crippen LogP contribution is 2.24. The van der Waals surface area contributed by atoms with Crippen molar-refractivity contribution in [1.82, 2.24) is 0 Å². The molecule has 1 N–H and O–H groups in total. The Morgan fingerprint density at radius 2 is 1.55 bits per heavy atom. The van der Waals surface area contributed by atoms with Crippen molar-refractivity contribution < 1.29 is 22.0 Å². The van der Waals surface area contributed by atoms with Gasteiger partial charge in [-0.1, -0.05) is 29.8 Å². The molecule has 29 heavy (non-hydrogen) atoms. The minimum Gasteiger partial charge on any atom is -0.322 e. The van der Waals surface area contributed by atoms with E-state index in [1.54, 1.807) is 18.2 Å². The number of carbonyl (C=O) groups is 1. The molecule has 0 aromatic heterocycles. The van der Waals surface area contributed by atoms with E-state index in [0.717, 1.165) is 22.0 Å². The summed E-state index contributed by atoms with van der Waals surface area (Å²) in [6.45, 7) is 1.20. The summed E-state index contributed by atoms with van der Waals surface area (Å²) in [4.78, 5) is 12.5. The molecule has 0 aliphatic carbocycles. The van der Waals surface area contributed by atoms with E-state index in [4.69, 9.17) is 0 Å². The van der Waals surface area contributed by atoms with Gasteiger partial charge in [-0.3, -0.25) is 9.10 Å². The monoisotopic (exact) mass is 416 g/mol. The Balaban J connectivity index is 1.95. The van der Waals surface area contributed by atoms with Crippen molar-refractivity contribution in [3.05, 3.63) is 90.0 Å². The smallest absolute Gasteiger partial charge is 0.264 e. The molecule has 3 rings (SSSR count). The normalized spacial score (nSPS) is 11.1. The highest BCUT2D eigenvalue weighted by atomic mass is 32.2. The van der Waals surface area contributed by atoms with Gasteiger partial charge in [0, 0.05) is 0 Å². The van der Waals surface area contributed by atoms with Gasteiger partial charge >= 0.3 is 0 Å². The van der Waals surface area contributed by atoms with Crippen LogP contribution in [0.25, 0.3) is 0 Å². The fourth-order valence-corrected chi connectivity index (χ4v) is 4.06. The van der Waals surface area contributed by atoms with Crippen LogP contribution in [0, 0.1) is 18.6 Å². The van der Waals surface area contributed by atoms with E-state index in [-0.39, 0.29) is 16.3 Å². The Bertz CT molecular complexity index is 1120. The Morgan fingerprint density at radius 3 is 2.17 bits per heavy atom. The van der Waals surface area contributed by atoms with Gasteiger partial charge in [0.25, 0.3) is 10.0 Å². The zero-order chi connectivity index (χ0) is 21.0. The largest absolute Gasteiger partial charge is 0.322 e. The number of nitrogens with zero attached hydrogens (tertiary/aromatic N) is 1. The Kier molecular flexibility index (Phi) is 5.93. The molecule has 0 saturated carbocycles. The first-order valence-corrected chi connectivity index (χ1v) is 10.1. The van der Waals surface area contributed by atoms with Crippen molar-refractivity contribution in [2.75, 3.05) is 16.2 Å². The zero-order valence-electron chi connectivity index (χ0n) is 15.5. The maximum atomic E-state index is 13.8. The van der Waals surface area contributed by atoms with Gasteiger partial charge in [0.1, 0.15) is 18.2 Å². The van der Waals surface area contributed by atoms with Gasteiger partial charge < -0.3 is 5.32 Å². The number of aryl methyl sites for hydroxylation is 1. The Morgan fingerprint density at radius 1 is 0.931 bits per heavy atom. The molecular formula is C21H18F2N2O3S. The lowest BCUT2D eigenvalue weighted by molar-refractivity contribution is -0.114. The maximum Gasteiger partial charge on any atom is 0.264 e. The molecule has 1 amide bonds. The van der Waals surface area contributed by atoms with Crippen LogP contribution in [0.15, 0.2) is 77.7 Å². The van der Waals surface area contributed by atoms with E-state index >= 15 is 0 Å². The highest BCUT2D eigenvalue weighted by Gasteiger charge is 2.27. The van der Waals surface area contributed by atoms with Crippen LogP contribution in [0.1, 0.15) is 5.56 Å². The standard InChI is InChI=1S/C21H18F2N2O3S/c1-15-6-12-18(13-7-15)29(27,28)25(17-10-8-16(22)9-11-17)14-21(26)24-20-5-3-2-4-19(20)23/h2-13H,14H2,1H3,(H,24,26). The summed E-state index contributed by atoms with van der Waals surface area (Å²) in [5.41, 5.74) is 0.912. The Labute approximate surface area is 167 Å². The van der Waals surface area contributed by atoms with Crippen molar-refractivity contribution in [3.8, 4) is 0 Å². The van der Waals surface area contributed by atoms with Crippen LogP contribution in [0.4, 0.5) is 20.2 Å². The summed E-state index contributed by atoms with van der Waals surface area (Å²) in [5.74, 6) is -1.93. The van der Waals surface area contributed by atoms with E-state index in [9.17, 15) is 22.0 Å². The van der Waals surface area contributed by atoms with Crippen molar-refractivity contribution in [2.45, 2.75) is 11.8 Å². The number of carbonyl (C=O) groups excluding carboxylic acids is 1. The zero-order valence-corrected chi connectivity index (χ0v) is 16.3. The molecule has 0 radical (unpaired) electrons. The molecule has 3 aromatic carbocycles. The van der Waals surface area contributed by atoms with Gasteiger partial charge in [0.2, 0.25) is 5.91 Å². The number of benzene rings is 3. The molecular weight excluding hydrogens is 398 g/mol. The molecule has 150 valence electrons. The summed E-state index contributed by atoms with van der Waals surface area (Å²) >= 11 is 0. The van der Waals surface area contributed by atoms with Crippen LogP contribution in [0.3, 0.4) is 0 Å². The average Bonchev–Trinajstić information content (AvgIpc) is 2.69. The van der Waals surface area contributed by atoms with Crippen LogP contribution in [0.5, 0.6) is 0 Å². The van der Waals surface area contributed by atoms with Gasteiger partial charge in [0.15, 0.2) is 0 Å². The first kappa shape index (κ1) is 20.5. The SMILES string of the molecule is Cc1ccc(S(=O)(=O)N(CC(=O)Nc2ccccc2F)c2ccc(F)cc2)cc1. The van der Waals surface area contributed by atoms with Crippen LogP contribution < -0.4 is 9.62 Å². The summed E-state index contributed by atoms with van der Waals surface area (Å²) in [6.07, 6.45) is 0. The molecule has 0 unspecified atom stereocenters. The van der Waals surface area contributed by atoms with Crippen LogP contribution >= 0.6 is 0 Å². The van der Waals surface area contributed by atoms with Crippen LogP contribution in [0.2, 0.25) is 0 Å². The molecule has 8 heteroatoms. The number of sulfonamides is 1. The lowest BCUT2D eigenvalue weighted by atomic mass is 10.2. The lowest BCUT2D eigenvalue weighted by Crippen LogP contribution is -2.38. The molecule has 0 aliphatic heterocycles. The number of halogens is 2. The fourth-order valence-electron chi connectivity index (χ4n) is 2.64. The van der Waals surface area contributed by atoms with Gasteiger partial charge in [-0.2, -0.15) is 0 Å². The average molecular weight is 416 g/mol. The summed E-state index contributed by atoms with van der Waals surface area (Å²) in [7, 11) is -4.12. The van der Waals surface area contributed by atoms with Gasteiger partial charge in [-0.15, -0.1) is 0 Å². The van der Waals surface area contributed by atoms with Gasteiger partial charge in [0.05, 0.1) is 16.3 Å². The molecule has 0 atom stereocenters. The minimum absolute atomic E-state index is 0.0221. The van der Waals surface area contributed by atoms with Gasteiger partial charge in [-0.25, -0.2) is 17.2 Å². The van der Waals surface area contributed by atoms with E-state index < -0.39 is 34.1 Å². The number of rotatable bonds is 6. The van der Waals surface area contributed by atoms with Crippen molar-refractivity contribution in [3.63, 3.8) is 0 Å². The molecule has 0 heterocycles. The van der Waals surface area contributed by atoms with E-state index in [1.165, 1.54) is 42.5 Å². The predicted octanol–water partition coefficient (Wildman–Crippen LogP) is 4.11. The Hall–Kier alpha value is -3.26. The quantitative estimate of drug-likeness (QED) is 0.658. The predicted molar refractivity (Wildman–Crippen MR) is 107 cm³/mol. The molecule has 0 spiro atoms. The summed E-state index contributed by atoms with van der Waals surface area (Å²) in [6, 6.07) is 16.4. The van der Waals surface area contributed by atoms with Crippen molar-refractivity contribution >= 4 is 27.3 Å². The number of anilines is 2. The molecule has 5 nitrogen and oxygen atoms in total. The first-order valence-electron chi connectivity index (χ1n) is 8.67. The minimum atomic E-state index is -4.12. The number of amides is 1. The third kappa shape index (κ3) is 4.78. The third-order valence-corrected chi connectivity index (χ3v) is 5.95. The van der Waals surface area contributed by atoms with Crippen molar-refractivity contribution in [2.24, 2.45) is 0 Å². The van der Waals surface area contributed by atoms with E-state index in [1.807, 2.05) is 6.92 Å². The van der Waals surface area contributed by atoms with E-state index in [2.05, 4.69) is 5.32 Å². The number of nitrogens with one attached hydrogen (secondary N) is 1. The summed E-state index contributed by atoms with van der Waals surface area (Å²) < 4.78 is 54.3. The van der Waals surface area contributed by atoms with Gasteiger partial charge in [-0.05, 0) is 55.5 Å². The molecule has 0 bridgehead atoms. The highest BCUT2D eigenvalue weighted by molar-refractivity contribution is 7.92. The molecule has 0 aliphatic rings. The van der Waals surface area contributed by atoms with Crippen LogP contribution in [-0.4, -0.2) is 20.9 Å².